The van der Waals surface area contributed by atoms with Crippen molar-refractivity contribution in [3.8, 4) is 0 Å². The average molecular weight is 289 g/mol. The summed E-state index contributed by atoms with van der Waals surface area (Å²) in [5.74, 6) is -1.34. The molecule has 1 atom stereocenters. The first-order chi connectivity index (χ1) is 9.58. The van der Waals surface area contributed by atoms with Crippen molar-refractivity contribution in [2.45, 2.75) is 19.4 Å². The number of thiophene rings is 1. The second-order valence-electron chi connectivity index (χ2n) is 4.46. The highest BCUT2D eigenvalue weighted by molar-refractivity contribution is 7.10. The minimum Gasteiger partial charge on any atom is -0.479 e. The third-order valence-electron chi connectivity index (χ3n) is 2.99. The van der Waals surface area contributed by atoms with Gasteiger partial charge in [0.2, 0.25) is 5.91 Å². The highest BCUT2D eigenvalue weighted by atomic mass is 32.1. The molecule has 20 heavy (non-hydrogen) atoms. The van der Waals surface area contributed by atoms with Crippen molar-refractivity contribution in [2.75, 3.05) is 0 Å². The van der Waals surface area contributed by atoms with Crippen molar-refractivity contribution >= 4 is 23.2 Å². The molecule has 4 nitrogen and oxygen atoms in total. The number of carbonyl (C=O) groups excluding carboxylic acids is 1. The smallest absolute Gasteiger partial charge is 0.331 e. The molecule has 0 radical (unpaired) electrons. The first-order valence-electron chi connectivity index (χ1n) is 6.18. The maximum atomic E-state index is 12.0. The molecule has 5 heteroatoms. The normalized spacial score (nSPS) is 11.8. The number of nitrogens with one attached hydrogen (secondary N) is 1. The van der Waals surface area contributed by atoms with Crippen LogP contribution in [0.15, 0.2) is 41.8 Å². The van der Waals surface area contributed by atoms with Gasteiger partial charge >= 0.3 is 5.97 Å². The zero-order chi connectivity index (χ0) is 14.5. The number of benzene rings is 1. The third-order valence-corrected chi connectivity index (χ3v) is 3.93. The Morgan fingerprint density at radius 2 is 2.00 bits per heavy atom. The number of aliphatic carboxylic acids is 1. The molecule has 0 aliphatic carbocycles. The van der Waals surface area contributed by atoms with Gasteiger partial charge < -0.3 is 10.4 Å². The van der Waals surface area contributed by atoms with Crippen LogP contribution in [0.1, 0.15) is 22.0 Å². The van der Waals surface area contributed by atoms with E-state index in [0.717, 1.165) is 11.1 Å². The van der Waals surface area contributed by atoms with Crippen LogP contribution in [0.3, 0.4) is 0 Å². The van der Waals surface area contributed by atoms with Crippen LogP contribution in [0.25, 0.3) is 0 Å². The Labute approximate surface area is 121 Å². The topological polar surface area (TPSA) is 66.4 Å². The predicted molar refractivity (Wildman–Crippen MR) is 77.7 cm³/mol. The van der Waals surface area contributed by atoms with Crippen LogP contribution >= 0.6 is 11.3 Å². The Balaban J connectivity index is 2.06. The monoisotopic (exact) mass is 289 g/mol. The van der Waals surface area contributed by atoms with Crippen molar-refractivity contribution in [1.29, 1.82) is 0 Å². The highest BCUT2D eigenvalue weighted by Crippen LogP contribution is 2.19. The van der Waals surface area contributed by atoms with Crippen LogP contribution < -0.4 is 5.32 Å². The molecule has 2 rings (SSSR count). The SMILES string of the molecule is Cc1ccccc1CC(=O)NC(C(=O)O)c1cccs1. The van der Waals surface area contributed by atoms with E-state index < -0.39 is 12.0 Å². The lowest BCUT2D eigenvalue weighted by molar-refractivity contribution is -0.141. The van der Waals surface area contributed by atoms with Gasteiger partial charge in [0.15, 0.2) is 6.04 Å². The van der Waals surface area contributed by atoms with E-state index in [2.05, 4.69) is 5.32 Å². The van der Waals surface area contributed by atoms with Crippen LogP contribution in [0.4, 0.5) is 0 Å². The maximum absolute atomic E-state index is 12.0. The van der Waals surface area contributed by atoms with E-state index in [1.165, 1.54) is 11.3 Å². The van der Waals surface area contributed by atoms with Crippen molar-refractivity contribution in [2.24, 2.45) is 0 Å². The number of rotatable bonds is 5. The van der Waals surface area contributed by atoms with Gasteiger partial charge in [0.25, 0.3) is 0 Å². The summed E-state index contributed by atoms with van der Waals surface area (Å²) < 4.78 is 0. The summed E-state index contributed by atoms with van der Waals surface area (Å²) in [5.41, 5.74) is 1.92. The van der Waals surface area contributed by atoms with Crippen LogP contribution in [0, 0.1) is 6.92 Å². The molecule has 0 saturated carbocycles. The number of aryl methyl sites for hydroxylation is 1. The summed E-state index contributed by atoms with van der Waals surface area (Å²) in [5, 5.41) is 13.6. The molecule has 1 unspecified atom stereocenters. The second-order valence-corrected chi connectivity index (χ2v) is 5.44. The second kappa shape index (κ2) is 6.34. The van der Waals surface area contributed by atoms with E-state index in [1.807, 2.05) is 31.2 Å². The Kier molecular flexibility index (Phi) is 4.53. The number of carboxylic acids is 1. The lowest BCUT2D eigenvalue weighted by Gasteiger charge is -2.13. The standard InChI is InChI=1S/C15H15NO3S/c1-10-5-2-3-6-11(10)9-13(17)16-14(15(18)19)12-7-4-8-20-12/h2-8,14H,9H2,1H3,(H,16,17)(H,18,19). The number of hydrogen-bond donors (Lipinski definition) is 2. The quantitative estimate of drug-likeness (QED) is 0.889. The van der Waals surface area contributed by atoms with Crippen molar-refractivity contribution in [1.82, 2.24) is 5.32 Å². The zero-order valence-corrected chi connectivity index (χ0v) is 11.8. The Morgan fingerprint density at radius 3 is 2.60 bits per heavy atom. The molecular formula is C15H15NO3S. The van der Waals surface area contributed by atoms with E-state index in [0.29, 0.717) is 4.88 Å². The van der Waals surface area contributed by atoms with E-state index in [9.17, 15) is 14.7 Å². The summed E-state index contributed by atoms with van der Waals surface area (Å²) in [6.07, 6.45) is 0.182. The van der Waals surface area contributed by atoms with Gasteiger partial charge in [0.1, 0.15) is 0 Å². The van der Waals surface area contributed by atoms with Crippen LogP contribution in [-0.4, -0.2) is 17.0 Å². The molecule has 2 N–H and O–H groups in total. The lowest BCUT2D eigenvalue weighted by Crippen LogP contribution is -2.34. The molecule has 2 aromatic rings. The van der Waals surface area contributed by atoms with E-state index in [4.69, 9.17) is 0 Å². The fourth-order valence-electron chi connectivity index (χ4n) is 1.90. The van der Waals surface area contributed by atoms with Gasteiger partial charge in [-0.25, -0.2) is 4.79 Å². The largest absolute Gasteiger partial charge is 0.479 e. The van der Waals surface area contributed by atoms with Gasteiger partial charge in [-0.3, -0.25) is 4.79 Å². The lowest BCUT2D eigenvalue weighted by atomic mass is 10.1. The first-order valence-corrected chi connectivity index (χ1v) is 7.06. The van der Waals surface area contributed by atoms with Crippen molar-refractivity contribution in [3.63, 3.8) is 0 Å². The van der Waals surface area contributed by atoms with Gasteiger partial charge in [-0.2, -0.15) is 0 Å². The number of hydrogen-bond acceptors (Lipinski definition) is 3. The predicted octanol–water partition coefficient (Wildman–Crippen LogP) is 2.54. The summed E-state index contributed by atoms with van der Waals surface area (Å²) in [6.45, 7) is 1.93. The molecule has 1 amide bonds. The van der Waals surface area contributed by atoms with Crippen molar-refractivity contribution < 1.29 is 14.7 Å². The molecule has 0 bridgehead atoms. The Hall–Kier alpha value is -2.14. The molecule has 0 spiro atoms. The molecule has 1 heterocycles. The van der Waals surface area contributed by atoms with Crippen LogP contribution in [-0.2, 0) is 16.0 Å². The molecular weight excluding hydrogens is 274 g/mol. The van der Waals surface area contributed by atoms with Gasteiger partial charge in [0, 0.05) is 4.88 Å². The number of amides is 1. The van der Waals surface area contributed by atoms with Crippen LogP contribution in [0.5, 0.6) is 0 Å². The molecule has 104 valence electrons. The number of carbonyl (C=O) groups is 2. The molecule has 0 saturated heterocycles. The maximum Gasteiger partial charge on any atom is 0.331 e. The van der Waals surface area contributed by atoms with E-state index in [-0.39, 0.29) is 12.3 Å². The van der Waals surface area contributed by atoms with Gasteiger partial charge in [-0.05, 0) is 29.5 Å². The van der Waals surface area contributed by atoms with Gasteiger partial charge in [0.05, 0.1) is 6.42 Å². The van der Waals surface area contributed by atoms with Crippen molar-refractivity contribution in [3.05, 3.63) is 57.8 Å². The van der Waals surface area contributed by atoms with E-state index in [1.54, 1.807) is 17.5 Å². The zero-order valence-electron chi connectivity index (χ0n) is 11.0. The molecule has 0 fully saturated rings. The molecule has 0 aliphatic rings. The number of carboxylic acid groups (broad SMARTS) is 1. The minimum absolute atomic E-state index is 0.182. The summed E-state index contributed by atoms with van der Waals surface area (Å²) in [6, 6.07) is 10.1. The summed E-state index contributed by atoms with van der Waals surface area (Å²) >= 11 is 1.32. The third kappa shape index (κ3) is 3.45. The average Bonchev–Trinajstić information content (AvgIpc) is 2.92. The Morgan fingerprint density at radius 1 is 1.25 bits per heavy atom. The fourth-order valence-corrected chi connectivity index (χ4v) is 2.67. The molecule has 0 aliphatic heterocycles. The summed E-state index contributed by atoms with van der Waals surface area (Å²) in [7, 11) is 0. The fraction of sp³-hybridized carbons (Fsp3) is 0.200. The first kappa shape index (κ1) is 14.3. The van der Waals surface area contributed by atoms with Crippen LogP contribution in [0.2, 0.25) is 0 Å². The minimum atomic E-state index is -1.05. The Bertz CT molecular complexity index is 607. The summed E-state index contributed by atoms with van der Waals surface area (Å²) in [4.78, 5) is 23.9. The molecule has 1 aromatic carbocycles. The van der Waals surface area contributed by atoms with Gasteiger partial charge in [-0.15, -0.1) is 11.3 Å². The molecule has 1 aromatic heterocycles. The highest BCUT2D eigenvalue weighted by Gasteiger charge is 2.23. The van der Waals surface area contributed by atoms with Gasteiger partial charge in [-0.1, -0.05) is 30.3 Å². The van der Waals surface area contributed by atoms with E-state index >= 15 is 0 Å².